The van der Waals surface area contributed by atoms with Crippen molar-refractivity contribution >= 4 is 17.6 Å². The van der Waals surface area contributed by atoms with E-state index in [2.05, 4.69) is 5.32 Å². The van der Waals surface area contributed by atoms with Crippen LogP contribution in [0.4, 0.5) is 5.69 Å². The van der Waals surface area contributed by atoms with Crippen LogP contribution in [0.25, 0.3) is 0 Å². The minimum absolute atomic E-state index is 0.391. The van der Waals surface area contributed by atoms with Gasteiger partial charge in [-0.15, -0.1) is 0 Å². The van der Waals surface area contributed by atoms with Gasteiger partial charge < -0.3 is 14.8 Å². The van der Waals surface area contributed by atoms with Crippen LogP contribution in [0.15, 0.2) is 42.5 Å². The molecule has 0 heterocycles. The molecule has 0 aromatic heterocycles. The van der Waals surface area contributed by atoms with Crippen LogP contribution in [0, 0.1) is 13.8 Å². The zero-order valence-electron chi connectivity index (χ0n) is 14.3. The van der Waals surface area contributed by atoms with E-state index in [1.54, 1.807) is 43.5 Å². The van der Waals surface area contributed by atoms with Crippen molar-refractivity contribution < 1.29 is 19.1 Å². The van der Waals surface area contributed by atoms with Crippen molar-refractivity contribution in [1.82, 2.24) is 0 Å². The summed E-state index contributed by atoms with van der Waals surface area (Å²) in [5.41, 5.74) is 3.13. The number of methoxy groups -OCH3 is 1. The molecule has 0 bridgehead atoms. The lowest BCUT2D eigenvalue weighted by Crippen LogP contribution is -2.30. The van der Waals surface area contributed by atoms with Crippen LogP contribution in [0.1, 0.15) is 28.4 Å². The smallest absolute Gasteiger partial charge is 0.338 e. The fourth-order valence-electron chi connectivity index (χ4n) is 2.07. The molecule has 126 valence electrons. The standard InChI is InChI=1S/C19H21NO4/c1-12-5-6-15(11-13(12)2)19(22)24-14(3)18(21)20-16-7-9-17(23-4)10-8-16/h5-11,14H,1-4H3,(H,20,21)/t14-/m1/s1. The van der Waals surface area contributed by atoms with Gasteiger partial charge in [0.1, 0.15) is 5.75 Å². The van der Waals surface area contributed by atoms with E-state index in [1.807, 2.05) is 19.9 Å². The van der Waals surface area contributed by atoms with Gasteiger partial charge >= 0.3 is 5.97 Å². The Morgan fingerprint density at radius 2 is 1.67 bits per heavy atom. The molecule has 1 atom stereocenters. The van der Waals surface area contributed by atoms with Gasteiger partial charge in [-0.3, -0.25) is 4.79 Å². The first kappa shape index (κ1) is 17.5. The number of ether oxygens (including phenoxy) is 2. The number of carbonyl (C=O) groups excluding carboxylic acids is 2. The highest BCUT2D eigenvalue weighted by Gasteiger charge is 2.19. The summed E-state index contributed by atoms with van der Waals surface area (Å²) in [4.78, 5) is 24.3. The number of aryl methyl sites for hydroxylation is 2. The van der Waals surface area contributed by atoms with Gasteiger partial charge in [-0.2, -0.15) is 0 Å². The van der Waals surface area contributed by atoms with E-state index >= 15 is 0 Å². The van der Waals surface area contributed by atoms with Gasteiger partial charge in [-0.05, 0) is 68.3 Å². The fourth-order valence-corrected chi connectivity index (χ4v) is 2.07. The van der Waals surface area contributed by atoms with Gasteiger partial charge in [0.15, 0.2) is 6.10 Å². The molecule has 24 heavy (non-hydrogen) atoms. The van der Waals surface area contributed by atoms with Crippen molar-refractivity contribution in [3.8, 4) is 5.75 Å². The van der Waals surface area contributed by atoms with E-state index in [4.69, 9.17) is 9.47 Å². The summed E-state index contributed by atoms with van der Waals surface area (Å²) in [5, 5.41) is 2.70. The van der Waals surface area contributed by atoms with Gasteiger partial charge in [0, 0.05) is 5.69 Å². The van der Waals surface area contributed by atoms with E-state index in [9.17, 15) is 9.59 Å². The third kappa shape index (κ3) is 4.35. The summed E-state index contributed by atoms with van der Waals surface area (Å²) in [7, 11) is 1.57. The maximum atomic E-state index is 12.1. The van der Waals surface area contributed by atoms with Crippen LogP contribution in [0.3, 0.4) is 0 Å². The number of esters is 1. The van der Waals surface area contributed by atoms with Crippen molar-refractivity contribution in [2.45, 2.75) is 26.9 Å². The Balaban J connectivity index is 1.97. The normalized spacial score (nSPS) is 11.5. The molecule has 0 spiro atoms. The van der Waals surface area contributed by atoms with E-state index < -0.39 is 18.0 Å². The second kappa shape index (κ2) is 7.64. The summed E-state index contributed by atoms with van der Waals surface area (Å²) in [6.07, 6.45) is -0.902. The average molecular weight is 327 g/mol. The lowest BCUT2D eigenvalue weighted by atomic mass is 10.1. The maximum absolute atomic E-state index is 12.1. The third-order valence-electron chi connectivity index (χ3n) is 3.75. The molecule has 1 amide bonds. The Hall–Kier alpha value is -2.82. The van der Waals surface area contributed by atoms with Gasteiger partial charge in [0.2, 0.25) is 0 Å². The van der Waals surface area contributed by atoms with Crippen molar-refractivity contribution in [2.24, 2.45) is 0 Å². The van der Waals surface area contributed by atoms with Gasteiger partial charge in [0.25, 0.3) is 5.91 Å². The molecule has 0 aliphatic heterocycles. The van der Waals surface area contributed by atoms with Crippen molar-refractivity contribution in [3.63, 3.8) is 0 Å². The molecule has 2 rings (SSSR count). The third-order valence-corrected chi connectivity index (χ3v) is 3.75. The average Bonchev–Trinajstić information content (AvgIpc) is 2.57. The number of nitrogens with one attached hydrogen (secondary N) is 1. The summed E-state index contributed by atoms with van der Waals surface area (Å²) >= 11 is 0. The summed E-state index contributed by atoms with van der Waals surface area (Å²) in [6, 6.07) is 12.2. The first-order valence-corrected chi connectivity index (χ1v) is 7.64. The monoisotopic (exact) mass is 327 g/mol. The molecular weight excluding hydrogens is 306 g/mol. The minimum atomic E-state index is -0.902. The van der Waals surface area contributed by atoms with E-state index in [1.165, 1.54) is 6.92 Å². The highest BCUT2D eigenvalue weighted by molar-refractivity contribution is 5.97. The second-order valence-corrected chi connectivity index (χ2v) is 5.56. The van der Waals surface area contributed by atoms with Gasteiger partial charge in [0.05, 0.1) is 12.7 Å². The molecule has 5 nitrogen and oxygen atoms in total. The predicted molar refractivity (Wildman–Crippen MR) is 92.4 cm³/mol. The number of amides is 1. The first-order chi connectivity index (χ1) is 11.4. The lowest BCUT2D eigenvalue weighted by Gasteiger charge is -2.14. The van der Waals surface area contributed by atoms with E-state index in [0.29, 0.717) is 17.0 Å². The molecule has 0 radical (unpaired) electrons. The number of rotatable bonds is 5. The Labute approximate surface area is 141 Å². The number of carbonyl (C=O) groups is 2. The SMILES string of the molecule is COc1ccc(NC(=O)[C@@H](C)OC(=O)c2ccc(C)c(C)c2)cc1. The topological polar surface area (TPSA) is 64.6 Å². The molecular formula is C19H21NO4. The van der Waals surface area contributed by atoms with Crippen molar-refractivity contribution in [2.75, 3.05) is 12.4 Å². The molecule has 0 fully saturated rings. The molecule has 0 saturated heterocycles. The molecule has 0 saturated carbocycles. The van der Waals surface area contributed by atoms with Crippen LogP contribution in [-0.2, 0) is 9.53 Å². The van der Waals surface area contributed by atoms with Crippen LogP contribution in [0.5, 0.6) is 5.75 Å². The molecule has 1 N–H and O–H groups in total. The molecule has 2 aromatic rings. The molecule has 5 heteroatoms. The van der Waals surface area contributed by atoms with Gasteiger partial charge in [-0.25, -0.2) is 4.79 Å². The fraction of sp³-hybridized carbons (Fsp3) is 0.263. The highest BCUT2D eigenvalue weighted by Crippen LogP contribution is 2.16. The first-order valence-electron chi connectivity index (χ1n) is 7.64. The number of benzene rings is 2. The largest absolute Gasteiger partial charge is 0.497 e. The minimum Gasteiger partial charge on any atom is -0.497 e. The van der Waals surface area contributed by atoms with Crippen molar-refractivity contribution in [1.29, 1.82) is 0 Å². The summed E-state index contributed by atoms with van der Waals surface area (Å²) in [5.74, 6) is -0.213. The van der Waals surface area contributed by atoms with Crippen molar-refractivity contribution in [3.05, 3.63) is 59.2 Å². The van der Waals surface area contributed by atoms with Gasteiger partial charge in [-0.1, -0.05) is 6.07 Å². The van der Waals surface area contributed by atoms with Crippen LogP contribution >= 0.6 is 0 Å². The second-order valence-electron chi connectivity index (χ2n) is 5.56. The quantitative estimate of drug-likeness (QED) is 0.854. The number of anilines is 1. The lowest BCUT2D eigenvalue weighted by molar-refractivity contribution is -0.123. The Kier molecular flexibility index (Phi) is 5.58. The number of hydrogen-bond donors (Lipinski definition) is 1. The van der Waals surface area contributed by atoms with Crippen LogP contribution in [-0.4, -0.2) is 25.1 Å². The van der Waals surface area contributed by atoms with Crippen LogP contribution in [0.2, 0.25) is 0 Å². The zero-order chi connectivity index (χ0) is 17.7. The number of hydrogen-bond acceptors (Lipinski definition) is 4. The van der Waals surface area contributed by atoms with E-state index in [0.717, 1.165) is 11.1 Å². The molecule has 0 aliphatic rings. The Morgan fingerprint density at radius 1 is 1.00 bits per heavy atom. The Bertz CT molecular complexity index is 738. The summed E-state index contributed by atoms with van der Waals surface area (Å²) in [6.45, 7) is 5.43. The molecule has 0 aliphatic carbocycles. The molecule has 2 aromatic carbocycles. The van der Waals surface area contributed by atoms with Crippen LogP contribution < -0.4 is 10.1 Å². The van der Waals surface area contributed by atoms with E-state index in [-0.39, 0.29) is 0 Å². The molecule has 0 unspecified atom stereocenters. The summed E-state index contributed by atoms with van der Waals surface area (Å²) < 4.78 is 10.3. The highest BCUT2D eigenvalue weighted by atomic mass is 16.5. The Morgan fingerprint density at radius 3 is 2.25 bits per heavy atom. The maximum Gasteiger partial charge on any atom is 0.338 e. The zero-order valence-corrected chi connectivity index (χ0v) is 14.3. The predicted octanol–water partition coefficient (Wildman–Crippen LogP) is 3.50.